The lowest BCUT2D eigenvalue weighted by Gasteiger charge is -2.10. The van der Waals surface area contributed by atoms with E-state index in [2.05, 4.69) is 10.6 Å². The summed E-state index contributed by atoms with van der Waals surface area (Å²) in [5, 5.41) is 6.51. The largest absolute Gasteiger partial charge is 0.325 e. The molecule has 0 atom stereocenters. The van der Waals surface area contributed by atoms with E-state index in [0.29, 0.717) is 23.7 Å². The molecule has 0 aliphatic carbocycles. The Balaban J connectivity index is 2.56. The molecule has 1 amide bonds. The Morgan fingerprint density at radius 3 is 2.81 bits per heavy atom. The van der Waals surface area contributed by atoms with Crippen molar-refractivity contribution in [3.63, 3.8) is 0 Å². The van der Waals surface area contributed by atoms with Gasteiger partial charge in [0.1, 0.15) is 0 Å². The van der Waals surface area contributed by atoms with E-state index in [0.717, 1.165) is 12.1 Å². The Hall–Kier alpha value is -1.06. The molecule has 0 heterocycles. The molecular formula is C12H17ClN2O. The summed E-state index contributed by atoms with van der Waals surface area (Å²) in [6.07, 6.45) is 0.457. The zero-order valence-electron chi connectivity index (χ0n) is 9.64. The number of benzene rings is 1. The number of nitrogens with one attached hydrogen (secondary N) is 2. The van der Waals surface area contributed by atoms with Crippen molar-refractivity contribution in [1.82, 2.24) is 5.32 Å². The Bertz CT molecular complexity index is 346. The minimum atomic E-state index is -0.0165. The molecule has 88 valence electrons. The molecule has 1 aromatic rings. The van der Waals surface area contributed by atoms with Gasteiger partial charge in [0.15, 0.2) is 0 Å². The van der Waals surface area contributed by atoms with Gasteiger partial charge >= 0.3 is 0 Å². The molecule has 0 aliphatic rings. The van der Waals surface area contributed by atoms with Crippen LogP contribution in [-0.4, -0.2) is 19.0 Å². The SMILES string of the molecule is CCNCCC(=O)Nc1c(C)cccc1Cl. The summed E-state index contributed by atoms with van der Waals surface area (Å²) in [6, 6.07) is 5.56. The van der Waals surface area contributed by atoms with Gasteiger partial charge in [0.25, 0.3) is 0 Å². The van der Waals surface area contributed by atoms with Crippen molar-refractivity contribution < 1.29 is 4.79 Å². The molecule has 1 rings (SSSR count). The lowest BCUT2D eigenvalue weighted by atomic mass is 10.2. The molecule has 0 fully saturated rings. The molecule has 0 unspecified atom stereocenters. The maximum atomic E-state index is 11.6. The number of rotatable bonds is 5. The summed E-state index contributed by atoms with van der Waals surface area (Å²) in [4.78, 5) is 11.6. The summed E-state index contributed by atoms with van der Waals surface area (Å²) in [5.41, 5.74) is 1.69. The molecule has 16 heavy (non-hydrogen) atoms. The fraction of sp³-hybridized carbons (Fsp3) is 0.417. The Kier molecular flexibility index (Phi) is 5.29. The van der Waals surface area contributed by atoms with Crippen molar-refractivity contribution in [3.8, 4) is 0 Å². The van der Waals surface area contributed by atoms with E-state index in [-0.39, 0.29) is 5.91 Å². The molecule has 4 heteroatoms. The Morgan fingerprint density at radius 2 is 2.19 bits per heavy atom. The number of anilines is 1. The number of hydrogen-bond donors (Lipinski definition) is 2. The van der Waals surface area contributed by atoms with Crippen LogP contribution < -0.4 is 10.6 Å². The quantitative estimate of drug-likeness (QED) is 0.777. The van der Waals surface area contributed by atoms with E-state index in [1.54, 1.807) is 6.07 Å². The van der Waals surface area contributed by atoms with Crippen molar-refractivity contribution in [2.75, 3.05) is 18.4 Å². The molecule has 3 nitrogen and oxygen atoms in total. The number of carbonyl (C=O) groups is 1. The van der Waals surface area contributed by atoms with Crippen LogP contribution >= 0.6 is 11.6 Å². The van der Waals surface area contributed by atoms with E-state index in [4.69, 9.17) is 11.6 Å². The number of para-hydroxylation sites is 1. The summed E-state index contributed by atoms with van der Waals surface area (Å²) in [7, 11) is 0. The van der Waals surface area contributed by atoms with E-state index >= 15 is 0 Å². The van der Waals surface area contributed by atoms with Gasteiger partial charge in [-0.05, 0) is 25.1 Å². The van der Waals surface area contributed by atoms with E-state index < -0.39 is 0 Å². The first-order valence-electron chi connectivity index (χ1n) is 5.40. The van der Waals surface area contributed by atoms with Crippen LogP contribution in [0.15, 0.2) is 18.2 Å². The van der Waals surface area contributed by atoms with Gasteiger partial charge in [-0.1, -0.05) is 30.7 Å². The number of amides is 1. The molecule has 0 saturated carbocycles. The smallest absolute Gasteiger partial charge is 0.225 e. The molecule has 2 N–H and O–H groups in total. The minimum absolute atomic E-state index is 0.0165. The zero-order chi connectivity index (χ0) is 12.0. The normalized spacial score (nSPS) is 10.2. The first-order chi connectivity index (χ1) is 7.65. The average molecular weight is 241 g/mol. The van der Waals surface area contributed by atoms with Gasteiger partial charge in [0.05, 0.1) is 10.7 Å². The highest BCUT2D eigenvalue weighted by molar-refractivity contribution is 6.33. The Labute approximate surface area is 101 Å². The number of halogens is 1. The number of carbonyl (C=O) groups excluding carboxylic acids is 1. The third kappa shape index (κ3) is 3.83. The molecule has 0 radical (unpaired) electrons. The second-order valence-corrected chi connectivity index (χ2v) is 3.99. The number of hydrogen-bond acceptors (Lipinski definition) is 2. The highest BCUT2D eigenvalue weighted by Crippen LogP contribution is 2.25. The molecule has 0 saturated heterocycles. The van der Waals surface area contributed by atoms with Crippen molar-refractivity contribution in [2.45, 2.75) is 20.3 Å². The van der Waals surface area contributed by atoms with E-state index in [9.17, 15) is 4.79 Å². The van der Waals surface area contributed by atoms with Crippen LogP contribution in [0.2, 0.25) is 5.02 Å². The summed E-state index contributed by atoms with van der Waals surface area (Å²) < 4.78 is 0. The molecule has 0 aliphatic heterocycles. The second-order valence-electron chi connectivity index (χ2n) is 3.58. The van der Waals surface area contributed by atoms with Gasteiger partial charge in [0, 0.05) is 13.0 Å². The van der Waals surface area contributed by atoms with Crippen LogP contribution in [0.25, 0.3) is 0 Å². The lowest BCUT2D eigenvalue weighted by Crippen LogP contribution is -2.21. The third-order valence-corrected chi connectivity index (χ3v) is 2.58. The standard InChI is InChI=1S/C12H17ClN2O/c1-3-14-8-7-11(16)15-12-9(2)5-4-6-10(12)13/h4-6,14H,3,7-8H2,1-2H3,(H,15,16). The van der Waals surface area contributed by atoms with Crippen molar-refractivity contribution in [2.24, 2.45) is 0 Å². The van der Waals surface area contributed by atoms with Crippen molar-refractivity contribution >= 4 is 23.2 Å². The maximum absolute atomic E-state index is 11.6. The van der Waals surface area contributed by atoms with Gasteiger partial charge in [0.2, 0.25) is 5.91 Å². The van der Waals surface area contributed by atoms with Crippen LogP contribution in [0.3, 0.4) is 0 Å². The minimum Gasteiger partial charge on any atom is -0.325 e. The van der Waals surface area contributed by atoms with Gasteiger partial charge in [-0.15, -0.1) is 0 Å². The van der Waals surface area contributed by atoms with Gasteiger partial charge in [-0.25, -0.2) is 0 Å². The van der Waals surface area contributed by atoms with Crippen LogP contribution in [0.4, 0.5) is 5.69 Å². The molecule has 0 bridgehead atoms. The van der Waals surface area contributed by atoms with Crippen LogP contribution in [0.1, 0.15) is 18.9 Å². The molecule has 0 spiro atoms. The maximum Gasteiger partial charge on any atom is 0.225 e. The summed E-state index contributed by atoms with van der Waals surface area (Å²) in [6.45, 7) is 5.49. The summed E-state index contributed by atoms with van der Waals surface area (Å²) >= 11 is 6.00. The van der Waals surface area contributed by atoms with Crippen LogP contribution in [-0.2, 0) is 4.79 Å². The van der Waals surface area contributed by atoms with Gasteiger partial charge in [-0.2, -0.15) is 0 Å². The highest BCUT2D eigenvalue weighted by Gasteiger charge is 2.07. The fourth-order valence-electron chi connectivity index (χ4n) is 1.37. The van der Waals surface area contributed by atoms with Crippen molar-refractivity contribution in [3.05, 3.63) is 28.8 Å². The van der Waals surface area contributed by atoms with E-state index in [1.165, 1.54) is 0 Å². The lowest BCUT2D eigenvalue weighted by molar-refractivity contribution is -0.116. The second kappa shape index (κ2) is 6.51. The third-order valence-electron chi connectivity index (χ3n) is 2.27. The van der Waals surface area contributed by atoms with Crippen molar-refractivity contribution in [1.29, 1.82) is 0 Å². The van der Waals surface area contributed by atoms with Crippen LogP contribution in [0.5, 0.6) is 0 Å². The Morgan fingerprint density at radius 1 is 1.44 bits per heavy atom. The molecular weight excluding hydrogens is 224 g/mol. The average Bonchev–Trinajstić information content (AvgIpc) is 2.24. The van der Waals surface area contributed by atoms with Crippen LogP contribution in [0, 0.1) is 6.92 Å². The predicted octanol–water partition coefficient (Wildman–Crippen LogP) is 2.59. The molecule has 0 aromatic heterocycles. The molecule has 1 aromatic carbocycles. The summed E-state index contributed by atoms with van der Waals surface area (Å²) in [5.74, 6) is -0.0165. The van der Waals surface area contributed by atoms with Gasteiger partial charge < -0.3 is 10.6 Å². The van der Waals surface area contributed by atoms with Gasteiger partial charge in [-0.3, -0.25) is 4.79 Å². The highest BCUT2D eigenvalue weighted by atomic mass is 35.5. The zero-order valence-corrected chi connectivity index (χ0v) is 10.4. The monoisotopic (exact) mass is 240 g/mol. The first-order valence-corrected chi connectivity index (χ1v) is 5.78. The first kappa shape index (κ1) is 13.0. The predicted molar refractivity (Wildman–Crippen MR) is 68.0 cm³/mol. The number of aryl methyl sites for hydroxylation is 1. The van der Waals surface area contributed by atoms with E-state index in [1.807, 2.05) is 26.0 Å². The fourth-order valence-corrected chi connectivity index (χ4v) is 1.64. The topological polar surface area (TPSA) is 41.1 Å².